The van der Waals surface area contributed by atoms with Gasteiger partial charge in [0, 0.05) is 0 Å². The zero-order chi connectivity index (χ0) is 10.1. The third-order valence-electron chi connectivity index (χ3n) is 2.26. The zero-order valence-corrected chi connectivity index (χ0v) is 8.92. The van der Waals surface area contributed by atoms with Crippen LogP contribution in [0.2, 0.25) is 0 Å². The van der Waals surface area contributed by atoms with Crippen LogP contribution in [0.5, 0.6) is 0 Å². The van der Waals surface area contributed by atoms with Crippen LogP contribution < -0.4 is 0 Å². The smallest absolute Gasteiger partial charge is 0.235 e. The molecule has 0 aliphatic heterocycles. The molecule has 0 fully saturated rings. The number of rotatable bonds is 7. The Morgan fingerprint density at radius 1 is 1.38 bits per heavy atom. The summed E-state index contributed by atoms with van der Waals surface area (Å²) in [6.07, 6.45) is 3.68. The normalized spacial score (nSPS) is 12.6. The number of isocyanates is 1. The van der Waals surface area contributed by atoms with Gasteiger partial charge in [0.25, 0.3) is 0 Å². The molecule has 0 aromatic rings. The van der Waals surface area contributed by atoms with E-state index in [1.54, 1.807) is 6.08 Å². The first-order valence-electron chi connectivity index (χ1n) is 5.03. The Morgan fingerprint density at radius 3 is 2.46 bits per heavy atom. The van der Waals surface area contributed by atoms with E-state index in [4.69, 9.17) is 0 Å². The molecule has 0 rings (SSSR count). The molecule has 0 aliphatic carbocycles. The van der Waals surface area contributed by atoms with E-state index in [9.17, 15) is 4.79 Å². The lowest BCUT2D eigenvalue weighted by molar-refractivity contribution is 0.294. The van der Waals surface area contributed by atoms with Crippen LogP contribution in [0.4, 0.5) is 0 Å². The van der Waals surface area contributed by atoms with Gasteiger partial charge in [-0.15, -0.1) is 0 Å². The summed E-state index contributed by atoms with van der Waals surface area (Å²) < 4.78 is 0. The summed E-state index contributed by atoms with van der Waals surface area (Å²) in [7, 11) is 0. The summed E-state index contributed by atoms with van der Waals surface area (Å²) in [5.41, 5.74) is 0. The predicted octanol–water partition coefficient (Wildman–Crippen LogP) is 1.83. The average Bonchev–Trinajstić information content (AvgIpc) is 2.13. The van der Waals surface area contributed by atoms with Gasteiger partial charge in [-0.2, -0.15) is 0 Å². The average molecular weight is 184 g/mol. The second kappa shape index (κ2) is 7.96. The molecule has 0 bridgehead atoms. The fourth-order valence-corrected chi connectivity index (χ4v) is 1.30. The lowest BCUT2D eigenvalue weighted by Crippen LogP contribution is -2.24. The molecule has 0 heterocycles. The van der Waals surface area contributed by atoms with E-state index < -0.39 is 0 Å². The third-order valence-corrected chi connectivity index (χ3v) is 2.26. The van der Waals surface area contributed by atoms with Crippen molar-refractivity contribution in [1.82, 2.24) is 4.90 Å². The molecule has 0 N–H and O–H groups in total. The molecular formula is C10H20N2O. The zero-order valence-electron chi connectivity index (χ0n) is 8.92. The van der Waals surface area contributed by atoms with Crippen LogP contribution in [0.3, 0.4) is 0 Å². The highest BCUT2D eigenvalue weighted by molar-refractivity contribution is 5.33. The van der Waals surface area contributed by atoms with Gasteiger partial charge in [0.05, 0.1) is 6.04 Å². The summed E-state index contributed by atoms with van der Waals surface area (Å²) in [4.78, 5) is 15.9. The summed E-state index contributed by atoms with van der Waals surface area (Å²) in [6, 6.07) is 0.132. The molecule has 1 unspecified atom stereocenters. The van der Waals surface area contributed by atoms with Crippen LogP contribution in [-0.2, 0) is 4.79 Å². The van der Waals surface area contributed by atoms with Crippen LogP contribution in [0.1, 0.15) is 33.6 Å². The van der Waals surface area contributed by atoms with Gasteiger partial charge < -0.3 is 4.90 Å². The van der Waals surface area contributed by atoms with E-state index in [-0.39, 0.29) is 6.04 Å². The Labute approximate surface area is 80.8 Å². The van der Waals surface area contributed by atoms with Gasteiger partial charge >= 0.3 is 0 Å². The van der Waals surface area contributed by atoms with Gasteiger partial charge in [0.1, 0.15) is 0 Å². The molecule has 3 heteroatoms. The highest BCUT2D eigenvalue weighted by atomic mass is 16.1. The maximum absolute atomic E-state index is 9.92. The fraction of sp³-hybridized carbons (Fsp3) is 0.900. The van der Waals surface area contributed by atoms with Crippen molar-refractivity contribution in [2.45, 2.75) is 39.7 Å². The molecule has 0 spiro atoms. The van der Waals surface area contributed by atoms with Gasteiger partial charge in [-0.3, -0.25) is 0 Å². The molecular weight excluding hydrogens is 164 g/mol. The summed E-state index contributed by atoms with van der Waals surface area (Å²) in [5.74, 6) is 0. The van der Waals surface area contributed by atoms with Gasteiger partial charge in [0.15, 0.2) is 0 Å². The maximum Gasteiger partial charge on any atom is 0.235 e. The van der Waals surface area contributed by atoms with E-state index in [2.05, 4.69) is 23.7 Å². The maximum atomic E-state index is 9.92. The van der Waals surface area contributed by atoms with E-state index in [1.165, 1.54) is 0 Å². The molecule has 0 amide bonds. The molecule has 1 atom stereocenters. The monoisotopic (exact) mass is 184 g/mol. The van der Waals surface area contributed by atoms with Crippen molar-refractivity contribution in [3.8, 4) is 0 Å². The Morgan fingerprint density at radius 2 is 2.00 bits per heavy atom. The minimum absolute atomic E-state index is 0.132. The number of carbonyl (C=O) groups excluding carboxylic acids is 1. The van der Waals surface area contributed by atoms with Crippen molar-refractivity contribution in [3.63, 3.8) is 0 Å². The molecule has 0 saturated carbocycles. The minimum atomic E-state index is 0.132. The van der Waals surface area contributed by atoms with Gasteiger partial charge in [-0.1, -0.05) is 13.8 Å². The largest absolute Gasteiger partial charge is 0.304 e. The van der Waals surface area contributed by atoms with E-state index >= 15 is 0 Å². The Balaban J connectivity index is 3.48. The van der Waals surface area contributed by atoms with Crippen LogP contribution in [0.15, 0.2) is 4.99 Å². The molecule has 0 radical (unpaired) electrons. The van der Waals surface area contributed by atoms with Crippen molar-refractivity contribution in [3.05, 3.63) is 0 Å². The minimum Gasteiger partial charge on any atom is -0.304 e. The topological polar surface area (TPSA) is 32.7 Å². The number of hydrogen-bond donors (Lipinski definition) is 0. The van der Waals surface area contributed by atoms with E-state index in [0.717, 1.165) is 32.5 Å². The quantitative estimate of drug-likeness (QED) is 0.446. The number of hydrogen-bond acceptors (Lipinski definition) is 3. The number of aliphatic imine (C=N–C) groups is 1. The van der Waals surface area contributed by atoms with Crippen molar-refractivity contribution in [2.24, 2.45) is 4.99 Å². The molecule has 0 aliphatic rings. The van der Waals surface area contributed by atoms with Crippen molar-refractivity contribution in [1.29, 1.82) is 0 Å². The van der Waals surface area contributed by atoms with E-state index in [1.807, 2.05) is 6.92 Å². The van der Waals surface area contributed by atoms with Gasteiger partial charge in [-0.05, 0) is 39.4 Å². The lowest BCUT2D eigenvalue weighted by atomic mass is 10.2. The first kappa shape index (κ1) is 12.3. The molecule has 3 nitrogen and oxygen atoms in total. The lowest BCUT2D eigenvalue weighted by Gasteiger charge is -2.17. The number of nitrogens with zero attached hydrogens (tertiary/aromatic N) is 2. The van der Waals surface area contributed by atoms with Gasteiger partial charge in [-0.25, -0.2) is 9.79 Å². The predicted molar refractivity (Wildman–Crippen MR) is 54.6 cm³/mol. The Bertz CT molecular complexity index is 160. The summed E-state index contributed by atoms with van der Waals surface area (Å²) in [6.45, 7) is 9.58. The first-order valence-corrected chi connectivity index (χ1v) is 5.03. The van der Waals surface area contributed by atoms with Crippen molar-refractivity contribution < 1.29 is 4.79 Å². The molecule has 13 heavy (non-hydrogen) atoms. The highest BCUT2D eigenvalue weighted by Crippen LogP contribution is 2.01. The van der Waals surface area contributed by atoms with Crippen LogP contribution in [-0.4, -0.2) is 36.7 Å². The van der Waals surface area contributed by atoms with Crippen LogP contribution >= 0.6 is 0 Å². The van der Waals surface area contributed by atoms with Crippen LogP contribution in [0, 0.1) is 0 Å². The third kappa shape index (κ3) is 6.50. The second-order valence-corrected chi connectivity index (χ2v) is 3.24. The van der Waals surface area contributed by atoms with Gasteiger partial charge in [0.2, 0.25) is 6.08 Å². The SMILES string of the molecule is CCN(CC)CCCC(C)N=C=O. The molecule has 0 aromatic heterocycles. The molecule has 0 saturated heterocycles. The van der Waals surface area contributed by atoms with E-state index in [0.29, 0.717) is 0 Å². The van der Waals surface area contributed by atoms with Crippen LogP contribution in [0.25, 0.3) is 0 Å². The summed E-state index contributed by atoms with van der Waals surface area (Å²) >= 11 is 0. The van der Waals surface area contributed by atoms with Crippen molar-refractivity contribution in [2.75, 3.05) is 19.6 Å². The second-order valence-electron chi connectivity index (χ2n) is 3.24. The molecule has 0 aromatic carbocycles. The summed E-state index contributed by atoms with van der Waals surface area (Å²) in [5, 5.41) is 0. The molecule has 76 valence electrons. The fourth-order valence-electron chi connectivity index (χ4n) is 1.30. The standard InChI is InChI=1S/C10H20N2O/c1-4-12(5-2)8-6-7-10(3)11-9-13/h10H,4-8H2,1-3H3. The highest BCUT2D eigenvalue weighted by Gasteiger charge is 2.01. The Kier molecular flexibility index (Phi) is 7.56. The first-order chi connectivity index (χ1) is 6.24. The van der Waals surface area contributed by atoms with Crippen molar-refractivity contribution >= 4 is 6.08 Å². The Hall–Kier alpha value is -0.660.